The fraction of sp³-hybridized carbons (Fsp3) is 0.533. The van der Waals surface area contributed by atoms with Gasteiger partial charge in [0, 0.05) is 12.6 Å². The molecule has 1 saturated heterocycles. The third-order valence-electron chi connectivity index (χ3n) is 3.52. The number of halogens is 1. The summed E-state index contributed by atoms with van der Waals surface area (Å²) in [6.07, 6.45) is 3.62. The molecule has 1 aromatic carbocycles. The lowest BCUT2D eigenvalue weighted by Crippen LogP contribution is -2.21. The Morgan fingerprint density at radius 1 is 1.33 bits per heavy atom. The van der Waals surface area contributed by atoms with E-state index in [-0.39, 0.29) is 12.4 Å². The van der Waals surface area contributed by atoms with Crippen LogP contribution < -0.4 is 15.2 Å². The molecule has 1 amide bonds. The number of likely N-dealkylation sites (tertiary alicyclic amines) is 1. The molecule has 0 aliphatic carbocycles. The lowest BCUT2D eigenvalue weighted by atomic mass is 10.2. The molecule has 5 nitrogen and oxygen atoms in total. The van der Waals surface area contributed by atoms with Gasteiger partial charge in [-0.05, 0) is 44.5 Å². The fourth-order valence-electron chi connectivity index (χ4n) is 2.45. The van der Waals surface area contributed by atoms with Gasteiger partial charge in [-0.3, -0.25) is 4.79 Å². The molecule has 0 spiro atoms. The molecule has 0 bridgehead atoms. The molecule has 0 saturated carbocycles. The van der Waals surface area contributed by atoms with E-state index in [1.807, 2.05) is 0 Å². The average Bonchev–Trinajstić information content (AvgIpc) is 2.96. The quantitative estimate of drug-likeness (QED) is 0.783. The number of amides is 1. The van der Waals surface area contributed by atoms with Gasteiger partial charge in [-0.1, -0.05) is 0 Å². The second-order valence-corrected chi connectivity index (χ2v) is 4.98. The van der Waals surface area contributed by atoms with E-state index in [0.29, 0.717) is 23.7 Å². The fourth-order valence-corrected chi connectivity index (χ4v) is 2.45. The van der Waals surface area contributed by atoms with Crippen molar-refractivity contribution in [1.82, 2.24) is 4.90 Å². The first-order chi connectivity index (χ1) is 9.70. The topological polar surface area (TPSA) is 64.8 Å². The number of carbonyl (C=O) groups excluding carboxylic acids is 1. The number of primary amides is 1. The highest BCUT2D eigenvalue weighted by Gasteiger charge is 2.11. The van der Waals surface area contributed by atoms with Crippen LogP contribution in [0.25, 0.3) is 0 Å². The van der Waals surface area contributed by atoms with Crippen LogP contribution in [0.2, 0.25) is 0 Å². The van der Waals surface area contributed by atoms with Crippen molar-refractivity contribution >= 4 is 18.3 Å². The molecule has 1 heterocycles. The van der Waals surface area contributed by atoms with E-state index in [1.165, 1.54) is 33.0 Å². The van der Waals surface area contributed by atoms with E-state index in [2.05, 4.69) is 4.90 Å². The van der Waals surface area contributed by atoms with E-state index < -0.39 is 5.91 Å². The van der Waals surface area contributed by atoms with Crippen LogP contribution in [-0.2, 0) is 0 Å². The van der Waals surface area contributed by atoms with Crippen molar-refractivity contribution in [2.45, 2.75) is 19.3 Å². The van der Waals surface area contributed by atoms with Crippen molar-refractivity contribution in [1.29, 1.82) is 0 Å². The largest absolute Gasteiger partial charge is 0.496 e. The SMILES string of the molecule is COc1cc(OCCCN2CCCC2)ccc1C(N)=O.Cl. The van der Waals surface area contributed by atoms with Crippen molar-refractivity contribution < 1.29 is 14.3 Å². The number of nitrogens with two attached hydrogens (primary N) is 1. The summed E-state index contributed by atoms with van der Waals surface area (Å²) in [6, 6.07) is 5.09. The first-order valence-corrected chi connectivity index (χ1v) is 7.03. The summed E-state index contributed by atoms with van der Waals surface area (Å²) in [5.74, 6) is 0.658. The maximum Gasteiger partial charge on any atom is 0.252 e. The highest BCUT2D eigenvalue weighted by atomic mass is 35.5. The third kappa shape index (κ3) is 5.10. The second kappa shape index (κ2) is 8.74. The maximum absolute atomic E-state index is 11.2. The van der Waals surface area contributed by atoms with Gasteiger partial charge in [0.2, 0.25) is 0 Å². The van der Waals surface area contributed by atoms with Crippen molar-refractivity contribution in [3.8, 4) is 11.5 Å². The molecule has 0 aromatic heterocycles. The lowest BCUT2D eigenvalue weighted by Gasteiger charge is -2.15. The molecule has 21 heavy (non-hydrogen) atoms. The van der Waals surface area contributed by atoms with Gasteiger partial charge in [0.25, 0.3) is 5.91 Å². The summed E-state index contributed by atoms with van der Waals surface area (Å²) in [5, 5.41) is 0. The normalized spacial score (nSPS) is 14.5. The monoisotopic (exact) mass is 314 g/mol. The molecule has 1 fully saturated rings. The Bertz CT molecular complexity index is 462. The van der Waals surface area contributed by atoms with E-state index >= 15 is 0 Å². The molecule has 1 aliphatic rings. The second-order valence-electron chi connectivity index (χ2n) is 4.98. The van der Waals surface area contributed by atoms with Gasteiger partial charge in [0.1, 0.15) is 11.5 Å². The molecular formula is C15H23ClN2O3. The first kappa shape index (κ1) is 17.6. The number of nitrogens with zero attached hydrogens (tertiary/aromatic N) is 1. The van der Waals surface area contributed by atoms with Gasteiger partial charge in [-0.25, -0.2) is 0 Å². The Morgan fingerprint density at radius 2 is 2.05 bits per heavy atom. The Hall–Kier alpha value is -1.46. The van der Waals surface area contributed by atoms with Gasteiger partial charge in [-0.2, -0.15) is 0 Å². The summed E-state index contributed by atoms with van der Waals surface area (Å²) in [7, 11) is 1.51. The van der Waals surface area contributed by atoms with Gasteiger partial charge in [0.15, 0.2) is 0 Å². The van der Waals surface area contributed by atoms with Crippen LogP contribution in [0.4, 0.5) is 0 Å². The standard InChI is InChI=1S/C15H22N2O3.ClH/c1-19-14-11-12(5-6-13(14)15(16)18)20-10-4-9-17-7-2-3-8-17;/h5-6,11H,2-4,7-10H2,1H3,(H2,16,18);1H. The third-order valence-corrected chi connectivity index (χ3v) is 3.52. The molecule has 118 valence electrons. The smallest absolute Gasteiger partial charge is 0.252 e. The minimum Gasteiger partial charge on any atom is -0.496 e. The summed E-state index contributed by atoms with van der Waals surface area (Å²) < 4.78 is 10.8. The Balaban J connectivity index is 0.00000220. The zero-order valence-electron chi connectivity index (χ0n) is 12.3. The van der Waals surface area contributed by atoms with Gasteiger partial charge >= 0.3 is 0 Å². The van der Waals surface area contributed by atoms with Crippen molar-refractivity contribution in [3.05, 3.63) is 23.8 Å². The predicted octanol–water partition coefficient (Wildman–Crippen LogP) is 2.08. The predicted molar refractivity (Wildman–Crippen MR) is 84.5 cm³/mol. The molecule has 6 heteroatoms. The molecule has 0 radical (unpaired) electrons. The van der Waals surface area contributed by atoms with Crippen LogP contribution >= 0.6 is 12.4 Å². The van der Waals surface area contributed by atoms with Crippen LogP contribution in [0.15, 0.2) is 18.2 Å². The van der Waals surface area contributed by atoms with E-state index in [0.717, 1.165) is 13.0 Å². The van der Waals surface area contributed by atoms with Gasteiger partial charge < -0.3 is 20.1 Å². The zero-order chi connectivity index (χ0) is 14.4. The molecule has 2 rings (SSSR count). The minimum atomic E-state index is -0.498. The summed E-state index contributed by atoms with van der Waals surface area (Å²) in [6.45, 7) is 4.16. The number of hydrogen-bond donors (Lipinski definition) is 1. The molecule has 1 aromatic rings. The minimum absolute atomic E-state index is 0. The number of ether oxygens (including phenoxy) is 2. The van der Waals surface area contributed by atoms with Crippen molar-refractivity contribution in [2.75, 3.05) is 33.4 Å². The number of benzene rings is 1. The van der Waals surface area contributed by atoms with Gasteiger partial charge in [0.05, 0.1) is 19.3 Å². The number of carbonyl (C=O) groups is 1. The number of rotatable bonds is 7. The van der Waals surface area contributed by atoms with Crippen molar-refractivity contribution in [2.24, 2.45) is 5.73 Å². The van der Waals surface area contributed by atoms with Crippen LogP contribution in [0.1, 0.15) is 29.6 Å². The molecule has 1 aliphatic heterocycles. The van der Waals surface area contributed by atoms with E-state index in [1.54, 1.807) is 18.2 Å². The Morgan fingerprint density at radius 3 is 2.67 bits per heavy atom. The molecule has 2 N–H and O–H groups in total. The average molecular weight is 315 g/mol. The first-order valence-electron chi connectivity index (χ1n) is 7.03. The van der Waals surface area contributed by atoms with E-state index in [4.69, 9.17) is 15.2 Å². The van der Waals surface area contributed by atoms with Crippen LogP contribution in [-0.4, -0.2) is 44.2 Å². The van der Waals surface area contributed by atoms with Crippen LogP contribution in [0, 0.1) is 0 Å². The van der Waals surface area contributed by atoms with Crippen LogP contribution in [0.5, 0.6) is 11.5 Å². The summed E-state index contributed by atoms with van der Waals surface area (Å²) in [4.78, 5) is 13.7. The molecular weight excluding hydrogens is 292 g/mol. The zero-order valence-corrected chi connectivity index (χ0v) is 13.2. The summed E-state index contributed by atoms with van der Waals surface area (Å²) in [5.41, 5.74) is 5.64. The maximum atomic E-state index is 11.2. The lowest BCUT2D eigenvalue weighted by molar-refractivity contribution is 0.0997. The highest BCUT2D eigenvalue weighted by molar-refractivity contribution is 5.95. The highest BCUT2D eigenvalue weighted by Crippen LogP contribution is 2.24. The van der Waals surface area contributed by atoms with Gasteiger partial charge in [-0.15, -0.1) is 12.4 Å². The summed E-state index contributed by atoms with van der Waals surface area (Å²) >= 11 is 0. The Labute approximate surface area is 131 Å². The molecule has 0 unspecified atom stereocenters. The Kier molecular flexibility index (Phi) is 7.32. The number of hydrogen-bond acceptors (Lipinski definition) is 4. The number of methoxy groups -OCH3 is 1. The van der Waals surface area contributed by atoms with Crippen molar-refractivity contribution in [3.63, 3.8) is 0 Å². The van der Waals surface area contributed by atoms with E-state index in [9.17, 15) is 4.79 Å². The molecule has 0 atom stereocenters. The van der Waals surface area contributed by atoms with Crippen LogP contribution in [0.3, 0.4) is 0 Å².